The van der Waals surface area contributed by atoms with E-state index in [-0.39, 0.29) is 23.8 Å². The highest BCUT2D eigenvalue weighted by Gasteiger charge is 2.28. The Morgan fingerprint density at radius 1 is 1.36 bits per heavy atom. The lowest BCUT2D eigenvalue weighted by Gasteiger charge is -2.33. The number of carbonyl (C=O) groups is 2. The van der Waals surface area contributed by atoms with Crippen molar-refractivity contribution in [2.75, 3.05) is 32.8 Å². The minimum absolute atomic E-state index is 0.0838. The van der Waals surface area contributed by atoms with Gasteiger partial charge in [0.05, 0.1) is 18.6 Å². The molecule has 2 aliphatic heterocycles. The fourth-order valence-electron chi connectivity index (χ4n) is 3.61. The van der Waals surface area contributed by atoms with Crippen molar-refractivity contribution in [1.82, 2.24) is 9.80 Å². The molecule has 1 aromatic rings. The number of hydrogen-bond acceptors (Lipinski definition) is 5. The Morgan fingerprint density at radius 2 is 2.24 bits per heavy atom. The van der Waals surface area contributed by atoms with Crippen molar-refractivity contribution in [3.8, 4) is 0 Å². The number of primary amides is 1. The molecule has 1 aromatic heterocycles. The van der Waals surface area contributed by atoms with Crippen molar-refractivity contribution < 1.29 is 14.3 Å². The van der Waals surface area contributed by atoms with Crippen molar-refractivity contribution in [3.63, 3.8) is 0 Å². The van der Waals surface area contributed by atoms with Gasteiger partial charge in [-0.2, -0.15) is 0 Å². The molecule has 138 valence electrons. The number of nitrogens with zero attached hydrogens (tertiary/aromatic N) is 2. The Hall–Kier alpha value is -1.44. The number of amides is 2. The van der Waals surface area contributed by atoms with E-state index in [0.717, 1.165) is 51.9 Å². The molecule has 0 aliphatic carbocycles. The summed E-state index contributed by atoms with van der Waals surface area (Å²) in [6.07, 6.45) is 4.00. The first-order valence-corrected chi connectivity index (χ1v) is 9.93. The second-order valence-electron chi connectivity index (χ2n) is 6.97. The van der Waals surface area contributed by atoms with Gasteiger partial charge in [0.25, 0.3) is 0 Å². The number of ether oxygens (including phenoxy) is 1. The van der Waals surface area contributed by atoms with Crippen molar-refractivity contribution in [3.05, 3.63) is 22.4 Å². The average molecular weight is 365 g/mol. The molecular weight excluding hydrogens is 338 g/mol. The number of nitrogens with two attached hydrogens (primary N) is 1. The maximum Gasteiger partial charge on any atom is 0.236 e. The van der Waals surface area contributed by atoms with E-state index in [1.807, 2.05) is 6.07 Å². The highest BCUT2D eigenvalue weighted by atomic mass is 32.1. The zero-order valence-corrected chi connectivity index (χ0v) is 15.4. The molecule has 2 unspecified atom stereocenters. The first-order valence-electron chi connectivity index (χ1n) is 9.05. The Morgan fingerprint density at radius 3 is 2.92 bits per heavy atom. The molecule has 0 spiro atoms. The van der Waals surface area contributed by atoms with Crippen LogP contribution in [0.2, 0.25) is 0 Å². The van der Waals surface area contributed by atoms with Gasteiger partial charge in [-0.25, -0.2) is 0 Å². The molecule has 3 heterocycles. The van der Waals surface area contributed by atoms with E-state index in [9.17, 15) is 9.59 Å². The molecule has 3 rings (SSSR count). The summed E-state index contributed by atoms with van der Waals surface area (Å²) in [7, 11) is 0. The van der Waals surface area contributed by atoms with Crippen LogP contribution in [0.1, 0.15) is 30.6 Å². The van der Waals surface area contributed by atoms with E-state index in [1.54, 1.807) is 16.2 Å². The smallest absolute Gasteiger partial charge is 0.236 e. The normalized spacial score (nSPS) is 24.0. The van der Waals surface area contributed by atoms with E-state index in [0.29, 0.717) is 13.1 Å². The minimum atomic E-state index is -0.299. The number of likely N-dealkylation sites (tertiary alicyclic amines) is 1. The van der Waals surface area contributed by atoms with Gasteiger partial charge in [-0.05, 0) is 37.1 Å². The van der Waals surface area contributed by atoms with Crippen LogP contribution < -0.4 is 5.73 Å². The zero-order chi connectivity index (χ0) is 17.6. The molecule has 6 nitrogen and oxygen atoms in total. The first-order chi connectivity index (χ1) is 12.1. The van der Waals surface area contributed by atoms with Crippen LogP contribution in [0.15, 0.2) is 17.5 Å². The Kier molecular flexibility index (Phi) is 6.45. The van der Waals surface area contributed by atoms with Crippen LogP contribution in [-0.4, -0.2) is 60.5 Å². The van der Waals surface area contributed by atoms with Crippen LogP contribution in [0.25, 0.3) is 0 Å². The molecule has 0 radical (unpaired) electrons. The third-order valence-electron chi connectivity index (χ3n) is 4.98. The molecule has 0 bridgehead atoms. The van der Waals surface area contributed by atoms with E-state index in [1.165, 1.54) is 4.88 Å². The van der Waals surface area contributed by atoms with Gasteiger partial charge in [-0.3, -0.25) is 14.5 Å². The molecule has 7 heteroatoms. The lowest BCUT2D eigenvalue weighted by Crippen LogP contribution is -2.48. The van der Waals surface area contributed by atoms with E-state index in [4.69, 9.17) is 10.5 Å². The number of thiophene rings is 1. The third kappa shape index (κ3) is 5.26. The predicted molar refractivity (Wildman–Crippen MR) is 97.1 cm³/mol. The van der Waals surface area contributed by atoms with Crippen molar-refractivity contribution in [2.45, 2.75) is 38.3 Å². The number of rotatable bonds is 7. The van der Waals surface area contributed by atoms with Crippen LogP contribution in [0, 0.1) is 5.92 Å². The molecule has 2 fully saturated rings. The highest BCUT2D eigenvalue weighted by molar-refractivity contribution is 7.09. The minimum Gasteiger partial charge on any atom is -0.377 e. The zero-order valence-electron chi connectivity index (χ0n) is 14.6. The largest absolute Gasteiger partial charge is 0.377 e. The van der Waals surface area contributed by atoms with E-state index < -0.39 is 0 Å². The summed E-state index contributed by atoms with van der Waals surface area (Å²) >= 11 is 1.71. The lowest BCUT2D eigenvalue weighted by atomic mass is 9.97. The number of piperidine rings is 1. The summed E-state index contributed by atoms with van der Waals surface area (Å²) in [5, 5.41) is 2.06. The van der Waals surface area contributed by atoms with Gasteiger partial charge in [0.15, 0.2) is 0 Å². The molecular formula is C18H27N3O3S. The van der Waals surface area contributed by atoms with Gasteiger partial charge in [0, 0.05) is 37.7 Å². The Labute approximate surface area is 152 Å². The Bertz CT molecular complexity index is 572. The molecule has 2 atom stereocenters. The van der Waals surface area contributed by atoms with Crippen LogP contribution in [0.3, 0.4) is 0 Å². The Balaban J connectivity index is 1.59. The summed E-state index contributed by atoms with van der Waals surface area (Å²) in [4.78, 5) is 29.4. The molecule has 2 amide bonds. The maximum absolute atomic E-state index is 12.8. The number of carbonyl (C=O) groups excluding carboxylic acids is 2. The van der Waals surface area contributed by atoms with Crippen molar-refractivity contribution >= 4 is 23.2 Å². The van der Waals surface area contributed by atoms with Crippen LogP contribution in [-0.2, 0) is 20.9 Å². The predicted octanol–water partition coefficient (Wildman–Crippen LogP) is 1.45. The second kappa shape index (κ2) is 8.78. The third-order valence-corrected chi connectivity index (χ3v) is 5.84. The fraction of sp³-hybridized carbons (Fsp3) is 0.667. The van der Waals surface area contributed by atoms with Crippen molar-refractivity contribution in [1.29, 1.82) is 0 Å². The molecule has 2 aliphatic rings. The number of hydrogen-bond donors (Lipinski definition) is 1. The molecule has 2 N–H and O–H groups in total. The molecule has 0 saturated carbocycles. The first kappa shape index (κ1) is 18.4. The average Bonchev–Trinajstić information content (AvgIpc) is 3.29. The quantitative estimate of drug-likeness (QED) is 0.794. The van der Waals surface area contributed by atoms with E-state index >= 15 is 0 Å². The maximum atomic E-state index is 12.8. The van der Waals surface area contributed by atoms with Gasteiger partial charge in [-0.15, -0.1) is 11.3 Å². The van der Waals surface area contributed by atoms with Crippen LogP contribution in [0.4, 0.5) is 0 Å². The highest BCUT2D eigenvalue weighted by Crippen LogP contribution is 2.19. The van der Waals surface area contributed by atoms with Gasteiger partial charge in [-0.1, -0.05) is 6.07 Å². The fourth-order valence-corrected chi connectivity index (χ4v) is 4.36. The van der Waals surface area contributed by atoms with Gasteiger partial charge < -0.3 is 15.4 Å². The monoisotopic (exact) mass is 365 g/mol. The van der Waals surface area contributed by atoms with Gasteiger partial charge in [0.1, 0.15) is 0 Å². The van der Waals surface area contributed by atoms with Gasteiger partial charge >= 0.3 is 0 Å². The van der Waals surface area contributed by atoms with Gasteiger partial charge in [0.2, 0.25) is 11.8 Å². The molecule has 25 heavy (non-hydrogen) atoms. The van der Waals surface area contributed by atoms with Crippen LogP contribution in [0.5, 0.6) is 0 Å². The van der Waals surface area contributed by atoms with E-state index in [2.05, 4.69) is 16.3 Å². The summed E-state index contributed by atoms with van der Waals surface area (Å²) in [5.74, 6) is -0.422. The summed E-state index contributed by atoms with van der Waals surface area (Å²) in [6.45, 7) is 3.89. The molecule has 0 aromatic carbocycles. The summed E-state index contributed by atoms with van der Waals surface area (Å²) in [5.41, 5.74) is 5.43. The topological polar surface area (TPSA) is 75.9 Å². The van der Waals surface area contributed by atoms with Crippen LogP contribution >= 0.6 is 11.3 Å². The SMILES string of the molecule is NC(=O)C1CCCN(C(=O)CN(Cc2cccs2)CC2CCCO2)C1. The van der Waals surface area contributed by atoms with Crippen molar-refractivity contribution in [2.24, 2.45) is 11.7 Å². The summed E-state index contributed by atoms with van der Waals surface area (Å²) in [6, 6.07) is 4.13. The second-order valence-corrected chi connectivity index (χ2v) is 8.00. The molecule has 2 saturated heterocycles. The lowest BCUT2D eigenvalue weighted by molar-refractivity contribution is -0.136. The summed E-state index contributed by atoms with van der Waals surface area (Å²) < 4.78 is 5.75. The standard InChI is InChI=1S/C18H27N3O3S/c19-18(23)14-4-1-7-21(10-14)17(22)13-20(11-15-5-2-8-24-15)12-16-6-3-9-25-16/h3,6,9,14-15H,1-2,4-5,7-8,10-13H2,(H2,19,23).